The largest absolute Gasteiger partial charge is 0.492 e. The van der Waals surface area contributed by atoms with Gasteiger partial charge in [0.05, 0.1) is 18.8 Å². The Morgan fingerprint density at radius 1 is 1.18 bits per heavy atom. The quantitative estimate of drug-likeness (QED) is 0.324. The van der Waals surface area contributed by atoms with E-state index in [-0.39, 0.29) is 17.2 Å². The first-order valence-corrected chi connectivity index (χ1v) is 12.0. The number of nitrogens with zero attached hydrogens (tertiary/aromatic N) is 4. The molecule has 0 radical (unpaired) electrons. The van der Waals surface area contributed by atoms with Gasteiger partial charge in [0.2, 0.25) is 10.0 Å². The molecule has 4 rings (SSSR count). The van der Waals surface area contributed by atoms with E-state index in [1.165, 1.54) is 30.7 Å². The molecule has 1 fully saturated rings. The van der Waals surface area contributed by atoms with Crippen molar-refractivity contribution < 1.29 is 23.2 Å². The van der Waals surface area contributed by atoms with E-state index in [2.05, 4.69) is 10.1 Å². The maximum Gasteiger partial charge on any atom is 0.258 e. The number of benzene rings is 2. The van der Waals surface area contributed by atoms with Gasteiger partial charge in [-0.1, -0.05) is 37.1 Å². The lowest BCUT2D eigenvalue weighted by Crippen LogP contribution is -2.39. The summed E-state index contributed by atoms with van der Waals surface area (Å²) < 4.78 is 35.4. The maximum absolute atomic E-state index is 13.5. The zero-order valence-corrected chi connectivity index (χ0v) is 18.7. The lowest BCUT2D eigenvalue weighted by Gasteiger charge is -2.23. The Labute approximate surface area is 191 Å². The van der Waals surface area contributed by atoms with Crippen LogP contribution in [0.25, 0.3) is 5.69 Å². The number of amides is 1. The molecule has 3 aromatic rings. The minimum atomic E-state index is -4.11. The van der Waals surface area contributed by atoms with Gasteiger partial charge < -0.3 is 4.74 Å². The molecule has 1 aromatic heterocycles. The molecule has 0 saturated heterocycles. The number of hydrogen-bond donors (Lipinski definition) is 2. The van der Waals surface area contributed by atoms with Crippen molar-refractivity contribution in [2.24, 2.45) is 5.92 Å². The molecule has 1 heterocycles. The van der Waals surface area contributed by atoms with Gasteiger partial charge in [-0.2, -0.15) is 9.40 Å². The van der Waals surface area contributed by atoms with Crippen molar-refractivity contribution in [3.05, 3.63) is 66.7 Å². The van der Waals surface area contributed by atoms with E-state index >= 15 is 0 Å². The Morgan fingerprint density at radius 2 is 1.94 bits per heavy atom. The van der Waals surface area contributed by atoms with Gasteiger partial charge in [0, 0.05) is 6.54 Å². The molecule has 0 aliphatic heterocycles. The Balaban J connectivity index is 1.57. The second-order valence-electron chi connectivity index (χ2n) is 7.84. The molecule has 2 aromatic carbocycles. The molecule has 0 spiro atoms. The monoisotopic (exact) mass is 471 g/mol. The molecule has 2 N–H and O–H groups in total. The van der Waals surface area contributed by atoms with Gasteiger partial charge >= 0.3 is 0 Å². The minimum Gasteiger partial charge on any atom is -0.492 e. The molecule has 33 heavy (non-hydrogen) atoms. The van der Waals surface area contributed by atoms with Crippen LogP contribution in [0.1, 0.15) is 24.8 Å². The molecule has 1 aliphatic carbocycles. The fourth-order valence-corrected chi connectivity index (χ4v) is 4.90. The van der Waals surface area contributed by atoms with Gasteiger partial charge in [-0.05, 0) is 42.2 Å². The molecule has 0 bridgehead atoms. The van der Waals surface area contributed by atoms with Crippen LogP contribution in [-0.2, 0) is 21.4 Å². The summed E-state index contributed by atoms with van der Waals surface area (Å²) in [5, 5.41) is 13.1. The van der Waals surface area contributed by atoms with Crippen LogP contribution in [0.4, 0.5) is 0 Å². The SMILES string of the molecule is O=C(CN(Cc1ccc(-n2cncn2)cc1)S(=O)(=O)c1ccccc1OCCC1CC1)NO. The van der Waals surface area contributed by atoms with Crippen molar-refractivity contribution in [2.75, 3.05) is 13.2 Å². The summed E-state index contributed by atoms with van der Waals surface area (Å²) in [5.41, 5.74) is 2.92. The summed E-state index contributed by atoms with van der Waals surface area (Å²) in [7, 11) is -4.11. The predicted molar refractivity (Wildman–Crippen MR) is 118 cm³/mol. The van der Waals surface area contributed by atoms with Gasteiger partial charge in [-0.25, -0.2) is 23.6 Å². The van der Waals surface area contributed by atoms with Crippen LogP contribution in [0.2, 0.25) is 0 Å². The van der Waals surface area contributed by atoms with E-state index in [0.29, 0.717) is 18.1 Å². The summed E-state index contributed by atoms with van der Waals surface area (Å²) in [5.74, 6) is 0.0537. The van der Waals surface area contributed by atoms with Crippen LogP contribution in [0, 0.1) is 5.92 Å². The molecule has 1 saturated carbocycles. The molecule has 0 atom stereocenters. The van der Waals surface area contributed by atoms with Crippen molar-refractivity contribution in [2.45, 2.75) is 30.7 Å². The summed E-state index contributed by atoms with van der Waals surface area (Å²) in [6.07, 6.45) is 6.21. The van der Waals surface area contributed by atoms with Crippen LogP contribution in [0.5, 0.6) is 5.75 Å². The van der Waals surface area contributed by atoms with Crippen molar-refractivity contribution in [3.63, 3.8) is 0 Å². The van der Waals surface area contributed by atoms with Gasteiger partial charge in [-0.15, -0.1) is 0 Å². The highest BCUT2D eigenvalue weighted by atomic mass is 32.2. The number of carbonyl (C=O) groups is 1. The number of para-hydroxylation sites is 1. The van der Waals surface area contributed by atoms with Crippen LogP contribution in [0.15, 0.2) is 66.1 Å². The number of hydroxylamine groups is 1. The van der Waals surface area contributed by atoms with E-state index in [1.807, 2.05) is 0 Å². The highest BCUT2D eigenvalue weighted by Gasteiger charge is 2.30. The zero-order valence-electron chi connectivity index (χ0n) is 17.9. The van der Waals surface area contributed by atoms with Crippen molar-refractivity contribution in [1.82, 2.24) is 24.5 Å². The van der Waals surface area contributed by atoms with Crippen molar-refractivity contribution in [1.29, 1.82) is 0 Å². The average Bonchev–Trinajstić information content (AvgIpc) is 3.49. The Kier molecular flexibility index (Phi) is 7.02. The smallest absolute Gasteiger partial charge is 0.258 e. The first-order valence-electron chi connectivity index (χ1n) is 10.6. The third-order valence-electron chi connectivity index (χ3n) is 5.37. The summed E-state index contributed by atoms with van der Waals surface area (Å²) >= 11 is 0. The third kappa shape index (κ3) is 5.75. The molecule has 174 valence electrons. The number of hydrogen-bond acceptors (Lipinski definition) is 7. The van der Waals surface area contributed by atoms with Crippen molar-refractivity contribution in [3.8, 4) is 11.4 Å². The number of rotatable bonds is 11. The molecule has 1 amide bonds. The van der Waals surface area contributed by atoms with Gasteiger partial charge in [0.25, 0.3) is 5.91 Å². The van der Waals surface area contributed by atoms with Crippen LogP contribution in [-0.4, -0.2) is 51.8 Å². The fraction of sp³-hybridized carbons (Fsp3) is 0.318. The number of sulfonamides is 1. The number of ether oxygens (including phenoxy) is 1. The van der Waals surface area contributed by atoms with Crippen LogP contribution < -0.4 is 10.2 Å². The minimum absolute atomic E-state index is 0.0224. The van der Waals surface area contributed by atoms with Gasteiger partial charge in [-0.3, -0.25) is 10.0 Å². The molecule has 10 nitrogen and oxygen atoms in total. The zero-order chi connectivity index (χ0) is 23.3. The summed E-state index contributed by atoms with van der Waals surface area (Å²) in [6.45, 7) is -0.206. The first kappa shape index (κ1) is 22.9. The van der Waals surface area contributed by atoms with Gasteiger partial charge in [0.1, 0.15) is 23.3 Å². The van der Waals surface area contributed by atoms with E-state index in [9.17, 15) is 13.2 Å². The average molecular weight is 472 g/mol. The second-order valence-corrected chi connectivity index (χ2v) is 9.75. The predicted octanol–water partition coefficient (Wildman–Crippen LogP) is 2.14. The topological polar surface area (TPSA) is 127 Å². The number of nitrogens with one attached hydrogen (secondary N) is 1. The molecule has 11 heteroatoms. The highest BCUT2D eigenvalue weighted by molar-refractivity contribution is 7.89. The first-order chi connectivity index (χ1) is 16.0. The standard InChI is InChI=1S/C22H25N5O5S/c28-22(25-29)14-26(13-18-7-9-19(10-8-18)27-16-23-15-24-27)33(30,31)21-4-2-1-3-20(21)32-12-11-17-5-6-17/h1-4,7-10,15-17,29H,5-6,11-14H2,(H,25,28). The van der Waals surface area contributed by atoms with E-state index in [0.717, 1.165) is 16.4 Å². The lowest BCUT2D eigenvalue weighted by molar-refractivity contribution is -0.129. The highest BCUT2D eigenvalue weighted by Crippen LogP contribution is 2.33. The fourth-order valence-electron chi connectivity index (χ4n) is 3.38. The van der Waals surface area contributed by atoms with Gasteiger partial charge in [0.15, 0.2) is 0 Å². The Bertz CT molecular complexity index is 1180. The third-order valence-corrected chi connectivity index (χ3v) is 7.20. The summed E-state index contributed by atoms with van der Waals surface area (Å²) in [6, 6.07) is 13.4. The second kappa shape index (κ2) is 10.1. The Morgan fingerprint density at radius 3 is 2.61 bits per heavy atom. The van der Waals surface area contributed by atoms with Crippen LogP contribution >= 0.6 is 0 Å². The van der Waals surface area contributed by atoms with E-state index in [4.69, 9.17) is 9.94 Å². The number of carbonyl (C=O) groups excluding carboxylic acids is 1. The number of aromatic nitrogens is 3. The lowest BCUT2D eigenvalue weighted by atomic mass is 10.2. The molecule has 0 unspecified atom stereocenters. The molecular formula is C22H25N5O5S. The van der Waals surface area contributed by atoms with E-state index in [1.54, 1.807) is 53.5 Å². The normalized spacial score (nSPS) is 13.8. The Hall–Kier alpha value is -3.28. The van der Waals surface area contributed by atoms with Crippen molar-refractivity contribution >= 4 is 15.9 Å². The van der Waals surface area contributed by atoms with Crippen LogP contribution in [0.3, 0.4) is 0 Å². The van der Waals surface area contributed by atoms with E-state index < -0.39 is 22.5 Å². The maximum atomic E-state index is 13.5. The summed E-state index contributed by atoms with van der Waals surface area (Å²) in [4.78, 5) is 15.8. The molecular weight excluding hydrogens is 446 g/mol. The molecule has 1 aliphatic rings.